The molecule has 4 heterocycles. The standard InChI is InChI=1S/C60H40N6/c1-62-50-23-11-15-27-56(50)64(47-21-6-3-7-22-47)55-31-29-42-33-45-36-57-44(37-58(45)66-52-25-13-9-17-40(52)35-49(55)60(42)66)32-41-28-30-54(48-34-39-16-8-12-24-51(39)65(57)59(41)48)63(46-19-4-2-5-20-46)53-26-14-10-18-43(53)38-61/h2-31,36-37H,32-35H2. The normalized spacial score (nSPS) is 13.1. The minimum absolute atomic E-state index is 0.617. The van der Waals surface area contributed by atoms with Crippen molar-refractivity contribution in [2.24, 2.45) is 0 Å². The predicted molar refractivity (Wildman–Crippen MR) is 267 cm³/mol. The number of nitriles is 1. The maximum Gasteiger partial charge on any atom is 0.210 e. The van der Waals surface area contributed by atoms with Crippen molar-refractivity contribution in [1.29, 1.82) is 5.26 Å². The fraction of sp³-hybridized carbons (Fsp3) is 0.0667. The molecule has 0 spiro atoms. The number of hydrogen-bond acceptors (Lipinski definition) is 5. The number of anilines is 12. The van der Waals surface area contributed by atoms with Crippen molar-refractivity contribution >= 4 is 73.9 Å². The first-order chi connectivity index (χ1) is 32.7. The molecule has 0 atom stereocenters. The fourth-order valence-electron chi connectivity index (χ4n) is 11.1. The lowest BCUT2D eigenvalue weighted by Gasteiger charge is -2.44. The smallest absolute Gasteiger partial charge is 0.210 e. The van der Waals surface area contributed by atoms with Crippen molar-refractivity contribution in [3.63, 3.8) is 0 Å². The van der Waals surface area contributed by atoms with Crippen molar-refractivity contribution in [3.8, 4) is 6.07 Å². The topological polar surface area (TPSA) is 41.1 Å². The number of nitrogens with zero attached hydrogens (tertiary/aromatic N) is 6. The Labute approximate surface area is 384 Å². The number of rotatable bonds is 6. The van der Waals surface area contributed by atoms with E-state index in [0.717, 1.165) is 59.8 Å². The molecule has 0 bridgehead atoms. The van der Waals surface area contributed by atoms with Gasteiger partial charge in [-0.1, -0.05) is 115 Å². The first-order valence-corrected chi connectivity index (χ1v) is 22.5. The molecular weight excluding hydrogens is 805 g/mol. The van der Waals surface area contributed by atoms with Crippen LogP contribution in [0.4, 0.5) is 73.9 Å². The van der Waals surface area contributed by atoms with Crippen molar-refractivity contribution in [3.05, 3.63) is 256 Å². The van der Waals surface area contributed by atoms with Crippen LogP contribution in [0, 0.1) is 17.9 Å². The molecular formula is C60H40N6. The minimum atomic E-state index is 0.617. The first kappa shape index (κ1) is 37.7. The van der Waals surface area contributed by atoms with E-state index in [1.54, 1.807) is 0 Å². The highest BCUT2D eigenvalue weighted by Crippen LogP contribution is 2.59. The molecule has 0 saturated heterocycles. The highest BCUT2D eigenvalue weighted by Gasteiger charge is 2.39. The van der Waals surface area contributed by atoms with Gasteiger partial charge in [0.2, 0.25) is 5.69 Å². The lowest BCUT2D eigenvalue weighted by Crippen LogP contribution is -2.29. The second kappa shape index (κ2) is 14.9. The number of fused-ring (bicyclic) bond motifs is 8. The van der Waals surface area contributed by atoms with Gasteiger partial charge in [0.1, 0.15) is 6.07 Å². The third-order valence-corrected chi connectivity index (χ3v) is 13.9. The van der Waals surface area contributed by atoms with Gasteiger partial charge in [-0.25, -0.2) is 4.85 Å². The third-order valence-electron chi connectivity index (χ3n) is 13.9. The highest BCUT2D eigenvalue weighted by atomic mass is 15.2. The van der Waals surface area contributed by atoms with E-state index in [-0.39, 0.29) is 0 Å². The molecule has 4 aliphatic heterocycles. The van der Waals surface area contributed by atoms with Crippen LogP contribution in [0.25, 0.3) is 4.85 Å². The van der Waals surface area contributed by atoms with E-state index in [1.165, 1.54) is 78.6 Å². The van der Waals surface area contributed by atoms with Gasteiger partial charge in [-0.05, 0) is 112 Å². The van der Waals surface area contributed by atoms with Gasteiger partial charge in [-0.3, -0.25) is 0 Å². The van der Waals surface area contributed by atoms with Gasteiger partial charge in [0.05, 0.1) is 57.6 Å². The molecule has 0 saturated carbocycles. The average molecular weight is 845 g/mol. The zero-order valence-electron chi connectivity index (χ0n) is 36.0. The summed E-state index contributed by atoms with van der Waals surface area (Å²) < 4.78 is 0. The van der Waals surface area contributed by atoms with Gasteiger partial charge in [0.25, 0.3) is 0 Å². The maximum atomic E-state index is 10.4. The van der Waals surface area contributed by atoms with Gasteiger partial charge < -0.3 is 19.6 Å². The molecule has 4 aliphatic rings. The van der Waals surface area contributed by atoms with E-state index >= 15 is 0 Å². The highest BCUT2D eigenvalue weighted by molar-refractivity contribution is 5.99. The molecule has 0 N–H and O–H groups in total. The number of para-hydroxylation sites is 7. The molecule has 9 aromatic rings. The molecule has 0 fully saturated rings. The van der Waals surface area contributed by atoms with Gasteiger partial charge in [0.15, 0.2) is 0 Å². The van der Waals surface area contributed by atoms with Crippen LogP contribution in [-0.4, -0.2) is 0 Å². The molecule has 0 aliphatic carbocycles. The number of hydrogen-bond donors (Lipinski definition) is 0. The SMILES string of the molecule is [C-]#[N+]c1ccccc1N(c1ccccc1)c1ccc2c3c1Cc1ccccc1N3c1cc3c(cc1C2)N1c2ccccc2Cc2c(N(c4ccccc4)c4ccccc4C#N)ccc(c21)C3. The van der Waals surface area contributed by atoms with E-state index in [1.807, 2.05) is 48.5 Å². The van der Waals surface area contributed by atoms with Crippen LogP contribution >= 0.6 is 0 Å². The summed E-state index contributed by atoms with van der Waals surface area (Å²) in [5, 5.41) is 10.4. The molecule has 9 aromatic carbocycles. The Morgan fingerprint density at radius 1 is 0.409 bits per heavy atom. The van der Waals surface area contributed by atoms with E-state index < -0.39 is 0 Å². The van der Waals surface area contributed by atoms with E-state index in [4.69, 9.17) is 6.57 Å². The van der Waals surface area contributed by atoms with Gasteiger partial charge >= 0.3 is 0 Å². The van der Waals surface area contributed by atoms with Gasteiger partial charge in [-0.2, -0.15) is 5.26 Å². The monoisotopic (exact) mass is 844 g/mol. The van der Waals surface area contributed by atoms with E-state index in [9.17, 15) is 5.26 Å². The summed E-state index contributed by atoms with van der Waals surface area (Å²) in [5.74, 6) is 0. The first-order valence-electron chi connectivity index (χ1n) is 22.5. The summed E-state index contributed by atoms with van der Waals surface area (Å²) in [6, 6.07) is 71.2. The molecule has 0 unspecified atom stereocenters. The van der Waals surface area contributed by atoms with Crippen LogP contribution in [0.1, 0.15) is 50.1 Å². The van der Waals surface area contributed by atoms with Crippen LogP contribution in [0.15, 0.2) is 194 Å². The average Bonchev–Trinajstić information content (AvgIpc) is 3.38. The Bertz CT molecular complexity index is 3310. The summed E-state index contributed by atoms with van der Waals surface area (Å²) >= 11 is 0. The lowest BCUT2D eigenvalue weighted by atomic mass is 9.81. The second-order valence-corrected chi connectivity index (χ2v) is 17.5. The molecule has 0 radical (unpaired) electrons. The van der Waals surface area contributed by atoms with Crippen LogP contribution in [0.3, 0.4) is 0 Å². The molecule has 310 valence electrons. The molecule has 0 aromatic heterocycles. The summed E-state index contributed by atoms with van der Waals surface area (Å²) in [6.45, 7) is 8.17. The van der Waals surface area contributed by atoms with Crippen LogP contribution < -0.4 is 19.6 Å². The molecule has 13 rings (SSSR count). The van der Waals surface area contributed by atoms with Gasteiger partial charge in [0, 0.05) is 59.6 Å². The summed E-state index contributed by atoms with van der Waals surface area (Å²) in [5.41, 5.74) is 24.7. The molecule has 0 amide bonds. The van der Waals surface area contributed by atoms with Gasteiger partial charge in [-0.15, -0.1) is 0 Å². The van der Waals surface area contributed by atoms with Crippen LogP contribution in [0.2, 0.25) is 0 Å². The summed E-state index contributed by atoms with van der Waals surface area (Å²) in [6.07, 6.45) is 3.12. The lowest BCUT2D eigenvalue weighted by molar-refractivity contribution is 0.978. The molecule has 66 heavy (non-hydrogen) atoms. The maximum absolute atomic E-state index is 10.4. The van der Waals surface area contributed by atoms with Crippen molar-refractivity contribution in [1.82, 2.24) is 0 Å². The largest absolute Gasteiger partial charge is 0.320 e. The molecule has 6 heteroatoms. The van der Waals surface area contributed by atoms with Crippen molar-refractivity contribution in [2.75, 3.05) is 19.6 Å². The zero-order chi connectivity index (χ0) is 43.9. The predicted octanol–water partition coefficient (Wildman–Crippen LogP) is 15.6. The van der Waals surface area contributed by atoms with Crippen LogP contribution in [0.5, 0.6) is 0 Å². The molecule has 6 nitrogen and oxygen atoms in total. The fourth-order valence-corrected chi connectivity index (χ4v) is 11.1. The van der Waals surface area contributed by atoms with Crippen molar-refractivity contribution < 1.29 is 0 Å². The summed E-state index contributed by atoms with van der Waals surface area (Å²) in [7, 11) is 0. The Balaban J connectivity index is 1.00. The second-order valence-electron chi connectivity index (χ2n) is 17.5. The Morgan fingerprint density at radius 3 is 1.39 bits per heavy atom. The number of benzene rings is 9. The third kappa shape index (κ3) is 5.65. The quantitative estimate of drug-likeness (QED) is 0.156. The Kier molecular flexibility index (Phi) is 8.50. The van der Waals surface area contributed by atoms with E-state index in [2.05, 4.69) is 176 Å². The zero-order valence-corrected chi connectivity index (χ0v) is 36.0. The summed E-state index contributed by atoms with van der Waals surface area (Å²) in [4.78, 5) is 13.6. The van der Waals surface area contributed by atoms with E-state index in [0.29, 0.717) is 11.3 Å². The van der Waals surface area contributed by atoms with Crippen LogP contribution in [-0.2, 0) is 25.7 Å². The Morgan fingerprint density at radius 2 is 0.864 bits per heavy atom. The Hall–Kier alpha value is -8.84. The minimum Gasteiger partial charge on any atom is -0.320 e. The van der Waals surface area contributed by atoms with Crippen molar-refractivity contribution in [2.45, 2.75) is 25.7 Å².